The van der Waals surface area contributed by atoms with Crippen molar-refractivity contribution < 1.29 is 14.7 Å². The first kappa shape index (κ1) is 13.9. The molecule has 0 saturated carbocycles. The third kappa shape index (κ3) is 7.93. The highest BCUT2D eigenvalue weighted by Crippen LogP contribution is 1.90. The number of aliphatic carboxylic acids is 1. The third-order valence-electron chi connectivity index (χ3n) is 1.88. The van der Waals surface area contributed by atoms with E-state index in [4.69, 9.17) is 5.11 Å². The molecule has 0 radical (unpaired) electrons. The van der Waals surface area contributed by atoms with E-state index in [1.807, 2.05) is 13.8 Å². The van der Waals surface area contributed by atoms with Crippen molar-refractivity contribution in [3.8, 4) is 0 Å². The van der Waals surface area contributed by atoms with Crippen LogP contribution in [0.3, 0.4) is 0 Å². The second-order valence-corrected chi connectivity index (χ2v) is 3.84. The fourth-order valence-electron chi connectivity index (χ4n) is 1.02. The van der Waals surface area contributed by atoms with Gasteiger partial charge in [0.25, 0.3) is 0 Å². The van der Waals surface area contributed by atoms with Crippen LogP contribution in [0.4, 0.5) is 0 Å². The molecule has 1 atom stereocenters. The second-order valence-electron chi connectivity index (χ2n) is 3.84. The topological polar surface area (TPSA) is 78.4 Å². The lowest BCUT2D eigenvalue weighted by molar-refractivity contribution is -0.141. The summed E-state index contributed by atoms with van der Waals surface area (Å²) in [6.45, 7) is 6.29. The Bertz CT molecular complexity index is 217. The molecule has 0 spiro atoms. The summed E-state index contributed by atoms with van der Waals surface area (Å²) in [5.74, 6) is -1.22. The number of nitrogens with one attached hydrogen (secondary N) is 2. The molecule has 0 saturated heterocycles. The van der Waals surface area contributed by atoms with Crippen molar-refractivity contribution in [1.82, 2.24) is 10.6 Å². The van der Waals surface area contributed by atoms with Gasteiger partial charge in [0.2, 0.25) is 5.91 Å². The number of carbonyl (C=O) groups excluding carboxylic acids is 1. The first-order chi connectivity index (χ1) is 6.93. The lowest BCUT2D eigenvalue weighted by atomic mass is 10.2. The molecular formula is C10H20N2O3. The number of rotatable bonds is 7. The molecular weight excluding hydrogens is 196 g/mol. The number of carboxylic acids is 1. The number of amides is 1. The molecule has 88 valence electrons. The fraction of sp³-hybridized carbons (Fsp3) is 0.800. The Balaban J connectivity index is 3.54. The van der Waals surface area contributed by atoms with E-state index in [-0.39, 0.29) is 5.91 Å². The maximum Gasteiger partial charge on any atom is 0.325 e. The molecule has 0 aromatic rings. The van der Waals surface area contributed by atoms with Gasteiger partial charge in [-0.1, -0.05) is 13.8 Å². The second kappa shape index (κ2) is 7.23. The summed E-state index contributed by atoms with van der Waals surface area (Å²) in [7, 11) is 0. The fourth-order valence-corrected chi connectivity index (χ4v) is 1.02. The molecule has 0 aliphatic heterocycles. The Morgan fingerprint density at radius 2 is 1.87 bits per heavy atom. The zero-order valence-corrected chi connectivity index (χ0v) is 9.54. The molecule has 3 N–H and O–H groups in total. The molecule has 0 aromatic heterocycles. The Labute approximate surface area is 90.2 Å². The molecule has 0 bridgehead atoms. The van der Waals surface area contributed by atoms with Gasteiger partial charge in [0.15, 0.2) is 0 Å². The van der Waals surface area contributed by atoms with E-state index in [9.17, 15) is 9.59 Å². The number of hydrogen-bond acceptors (Lipinski definition) is 3. The first-order valence-electron chi connectivity index (χ1n) is 5.19. The maximum atomic E-state index is 11.2. The van der Waals surface area contributed by atoms with Gasteiger partial charge in [-0.3, -0.25) is 9.59 Å². The summed E-state index contributed by atoms with van der Waals surface area (Å²) in [6, 6.07) is -0.401. The van der Waals surface area contributed by atoms with E-state index in [0.717, 1.165) is 13.0 Å². The minimum atomic E-state index is -1.01. The molecule has 0 aromatic carbocycles. The van der Waals surface area contributed by atoms with Crippen molar-refractivity contribution in [3.63, 3.8) is 0 Å². The van der Waals surface area contributed by atoms with E-state index in [0.29, 0.717) is 12.5 Å². The van der Waals surface area contributed by atoms with Crippen LogP contribution >= 0.6 is 0 Å². The van der Waals surface area contributed by atoms with Crippen LogP contribution in [0.5, 0.6) is 0 Å². The van der Waals surface area contributed by atoms with Gasteiger partial charge in [-0.2, -0.15) is 0 Å². The zero-order chi connectivity index (χ0) is 11.8. The molecule has 0 fully saturated rings. The van der Waals surface area contributed by atoms with Gasteiger partial charge in [-0.15, -0.1) is 0 Å². The van der Waals surface area contributed by atoms with E-state index < -0.39 is 12.0 Å². The van der Waals surface area contributed by atoms with Crippen molar-refractivity contribution in [1.29, 1.82) is 0 Å². The van der Waals surface area contributed by atoms with Gasteiger partial charge in [0.05, 0.1) is 0 Å². The van der Waals surface area contributed by atoms with Crippen molar-refractivity contribution in [3.05, 3.63) is 0 Å². The van der Waals surface area contributed by atoms with Crippen molar-refractivity contribution in [2.75, 3.05) is 6.54 Å². The minimum Gasteiger partial charge on any atom is -0.480 e. The van der Waals surface area contributed by atoms with Gasteiger partial charge >= 0.3 is 5.97 Å². The van der Waals surface area contributed by atoms with Gasteiger partial charge < -0.3 is 15.7 Å². The zero-order valence-electron chi connectivity index (χ0n) is 9.54. The van der Waals surface area contributed by atoms with E-state index in [2.05, 4.69) is 10.6 Å². The SMILES string of the molecule is CC(C)NCCCC(=O)N[C@@H](C)C(=O)O. The molecule has 0 aliphatic rings. The molecule has 15 heavy (non-hydrogen) atoms. The first-order valence-corrected chi connectivity index (χ1v) is 5.19. The average Bonchev–Trinajstić information content (AvgIpc) is 2.12. The van der Waals surface area contributed by atoms with Gasteiger partial charge in [0, 0.05) is 12.5 Å². The average molecular weight is 216 g/mol. The van der Waals surface area contributed by atoms with E-state index >= 15 is 0 Å². The van der Waals surface area contributed by atoms with Crippen LogP contribution in [0.2, 0.25) is 0 Å². The lowest BCUT2D eigenvalue weighted by Gasteiger charge is -2.10. The summed E-state index contributed by atoms with van der Waals surface area (Å²) in [5.41, 5.74) is 0. The smallest absolute Gasteiger partial charge is 0.325 e. The quantitative estimate of drug-likeness (QED) is 0.537. The van der Waals surface area contributed by atoms with Gasteiger partial charge in [0.1, 0.15) is 6.04 Å². The molecule has 0 rings (SSSR count). The van der Waals surface area contributed by atoms with Crippen LogP contribution in [0.15, 0.2) is 0 Å². The van der Waals surface area contributed by atoms with Crippen LogP contribution in [0.25, 0.3) is 0 Å². The summed E-state index contributed by atoms with van der Waals surface area (Å²) < 4.78 is 0. The number of carbonyl (C=O) groups is 2. The van der Waals surface area contributed by atoms with Crippen LogP contribution < -0.4 is 10.6 Å². The van der Waals surface area contributed by atoms with E-state index in [1.54, 1.807) is 0 Å². The Morgan fingerprint density at radius 1 is 1.27 bits per heavy atom. The summed E-state index contributed by atoms with van der Waals surface area (Å²) in [4.78, 5) is 21.6. The normalized spacial score (nSPS) is 12.5. The molecule has 0 aliphatic carbocycles. The highest BCUT2D eigenvalue weighted by atomic mass is 16.4. The van der Waals surface area contributed by atoms with Crippen molar-refractivity contribution >= 4 is 11.9 Å². The molecule has 0 heterocycles. The Kier molecular flexibility index (Phi) is 6.70. The third-order valence-corrected chi connectivity index (χ3v) is 1.88. The molecule has 5 nitrogen and oxygen atoms in total. The Hall–Kier alpha value is -1.10. The standard InChI is InChI=1S/C10H20N2O3/c1-7(2)11-6-4-5-9(13)12-8(3)10(14)15/h7-8,11H,4-6H2,1-3H3,(H,12,13)(H,14,15)/t8-/m0/s1. The highest BCUT2D eigenvalue weighted by molar-refractivity contribution is 5.83. The summed E-state index contributed by atoms with van der Waals surface area (Å²) in [5, 5.41) is 14.1. The molecule has 1 amide bonds. The van der Waals surface area contributed by atoms with Crippen LogP contribution in [-0.4, -0.2) is 35.6 Å². The summed E-state index contributed by atoms with van der Waals surface area (Å²) in [6.07, 6.45) is 1.08. The monoisotopic (exact) mass is 216 g/mol. The van der Waals surface area contributed by atoms with E-state index in [1.165, 1.54) is 6.92 Å². The number of carboxylic acid groups (broad SMARTS) is 1. The molecule has 5 heteroatoms. The van der Waals surface area contributed by atoms with Crippen LogP contribution in [0.1, 0.15) is 33.6 Å². The van der Waals surface area contributed by atoms with Crippen molar-refractivity contribution in [2.24, 2.45) is 0 Å². The highest BCUT2D eigenvalue weighted by Gasteiger charge is 2.12. The lowest BCUT2D eigenvalue weighted by Crippen LogP contribution is -2.38. The summed E-state index contributed by atoms with van der Waals surface area (Å²) >= 11 is 0. The van der Waals surface area contributed by atoms with Crippen LogP contribution in [-0.2, 0) is 9.59 Å². The van der Waals surface area contributed by atoms with Gasteiger partial charge in [-0.25, -0.2) is 0 Å². The van der Waals surface area contributed by atoms with Gasteiger partial charge in [-0.05, 0) is 19.9 Å². The predicted molar refractivity (Wildman–Crippen MR) is 57.6 cm³/mol. The maximum absolute atomic E-state index is 11.2. The minimum absolute atomic E-state index is 0.213. The van der Waals surface area contributed by atoms with Crippen LogP contribution in [0, 0.1) is 0 Å². The van der Waals surface area contributed by atoms with Crippen molar-refractivity contribution in [2.45, 2.75) is 45.7 Å². The predicted octanol–water partition coefficient (Wildman–Crippen LogP) is 0.354. The number of hydrogen-bond donors (Lipinski definition) is 3. The molecule has 0 unspecified atom stereocenters. The largest absolute Gasteiger partial charge is 0.480 e. The Morgan fingerprint density at radius 3 is 2.33 bits per heavy atom.